The standard InChI is InChI=1S/C12H9FN2O/c1-2-16-8-10(7-15)12-5-11(13)4-3-9(12)6-14/h3-5,8H,2H2,1H3/b10-8+. The SMILES string of the molecule is CCO/C=C(\C#N)c1cc(F)ccc1C#N. The minimum atomic E-state index is -0.494. The van der Waals surface area contributed by atoms with Crippen LogP contribution in [-0.4, -0.2) is 6.61 Å². The lowest BCUT2D eigenvalue weighted by Crippen LogP contribution is -1.91. The molecule has 0 saturated heterocycles. The van der Waals surface area contributed by atoms with Crippen LogP contribution in [-0.2, 0) is 4.74 Å². The van der Waals surface area contributed by atoms with Gasteiger partial charge in [0.2, 0.25) is 0 Å². The van der Waals surface area contributed by atoms with Gasteiger partial charge in [0, 0.05) is 5.56 Å². The molecular formula is C12H9FN2O. The molecule has 0 aliphatic heterocycles. The molecule has 0 fully saturated rings. The molecular weight excluding hydrogens is 207 g/mol. The molecule has 4 heteroatoms. The Labute approximate surface area is 93.0 Å². The highest BCUT2D eigenvalue weighted by Gasteiger charge is 2.09. The molecule has 1 aromatic carbocycles. The smallest absolute Gasteiger partial charge is 0.123 e. The Morgan fingerprint density at radius 3 is 2.81 bits per heavy atom. The summed E-state index contributed by atoms with van der Waals surface area (Å²) < 4.78 is 18.0. The van der Waals surface area contributed by atoms with Gasteiger partial charge in [-0.25, -0.2) is 4.39 Å². The van der Waals surface area contributed by atoms with Crippen LogP contribution in [0.3, 0.4) is 0 Å². The molecule has 1 rings (SSSR count). The molecule has 0 bridgehead atoms. The topological polar surface area (TPSA) is 56.8 Å². The van der Waals surface area contributed by atoms with Gasteiger partial charge in [0.1, 0.15) is 18.1 Å². The Hall–Kier alpha value is -2.33. The van der Waals surface area contributed by atoms with E-state index in [0.29, 0.717) is 6.61 Å². The average Bonchev–Trinajstić information content (AvgIpc) is 2.30. The van der Waals surface area contributed by atoms with Crippen LogP contribution in [0.4, 0.5) is 4.39 Å². The van der Waals surface area contributed by atoms with Crippen LogP contribution in [0.5, 0.6) is 0 Å². The van der Waals surface area contributed by atoms with E-state index >= 15 is 0 Å². The monoisotopic (exact) mass is 216 g/mol. The predicted molar refractivity (Wildman–Crippen MR) is 56.3 cm³/mol. The average molecular weight is 216 g/mol. The molecule has 0 aromatic heterocycles. The van der Waals surface area contributed by atoms with Crippen molar-refractivity contribution >= 4 is 5.57 Å². The van der Waals surface area contributed by atoms with E-state index in [0.717, 1.165) is 6.07 Å². The van der Waals surface area contributed by atoms with Crippen molar-refractivity contribution in [3.8, 4) is 12.1 Å². The first kappa shape index (κ1) is 11.7. The van der Waals surface area contributed by atoms with Crippen molar-refractivity contribution in [3.63, 3.8) is 0 Å². The minimum absolute atomic E-state index is 0.137. The van der Waals surface area contributed by atoms with Crippen LogP contribution in [0.25, 0.3) is 5.57 Å². The lowest BCUT2D eigenvalue weighted by atomic mass is 10.0. The maximum Gasteiger partial charge on any atom is 0.123 e. The molecule has 0 aliphatic carbocycles. The zero-order valence-corrected chi connectivity index (χ0v) is 8.70. The van der Waals surface area contributed by atoms with Gasteiger partial charge >= 0.3 is 0 Å². The maximum absolute atomic E-state index is 13.0. The van der Waals surface area contributed by atoms with E-state index in [9.17, 15) is 4.39 Å². The van der Waals surface area contributed by atoms with E-state index in [1.807, 2.05) is 12.1 Å². The number of hydrogen-bond donors (Lipinski definition) is 0. The number of allylic oxidation sites excluding steroid dienone is 1. The first-order valence-electron chi connectivity index (χ1n) is 4.64. The van der Waals surface area contributed by atoms with Crippen LogP contribution in [0.2, 0.25) is 0 Å². The molecule has 16 heavy (non-hydrogen) atoms. The molecule has 0 amide bonds. The van der Waals surface area contributed by atoms with Gasteiger partial charge in [-0.3, -0.25) is 0 Å². The summed E-state index contributed by atoms with van der Waals surface area (Å²) >= 11 is 0. The van der Waals surface area contributed by atoms with Gasteiger partial charge in [0.05, 0.1) is 23.8 Å². The van der Waals surface area contributed by atoms with E-state index in [1.165, 1.54) is 18.4 Å². The summed E-state index contributed by atoms with van der Waals surface area (Å²) in [5.74, 6) is -0.494. The predicted octanol–water partition coefficient (Wildman–Crippen LogP) is 2.60. The number of benzene rings is 1. The number of nitrogens with zero attached hydrogens (tertiary/aromatic N) is 2. The Bertz CT molecular complexity index is 495. The summed E-state index contributed by atoms with van der Waals surface area (Å²) in [7, 11) is 0. The number of rotatable bonds is 3. The second-order valence-corrected chi connectivity index (χ2v) is 2.90. The van der Waals surface area contributed by atoms with Gasteiger partial charge < -0.3 is 4.74 Å². The van der Waals surface area contributed by atoms with Gasteiger partial charge in [-0.05, 0) is 25.1 Å². The fraction of sp³-hybridized carbons (Fsp3) is 0.167. The number of halogens is 1. The van der Waals surface area contributed by atoms with E-state index in [1.54, 1.807) is 6.92 Å². The fourth-order valence-corrected chi connectivity index (χ4v) is 1.15. The highest BCUT2D eigenvalue weighted by Crippen LogP contribution is 2.19. The highest BCUT2D eigenvalue weighted by molar-refractivity contribution is 5.79. The first-order chi connectivity index (χ1) is 7.72. The summed E-state index contributed by atoms with van der Waals surface area (Å²) in [5.41, 5.74) is 0.630. The summed E-state index contributed by atoms with van der Waals surface area (Å²) in [4.78, 5) is 0. The lowest BCUT2D eigenvalue weighted by Gasteiger charge is -2.02. The van der Waals surface area contributed by atoms with Gasteiger partial charge in [0.15, 0.2) is 0 Å². The first-order valence-corrected chi connectivity index (χ1v) is 4.64. The summed E-state index contributed by atoms with van der Waals surface area (Å²) in [5, 5.41) is 17.7. The molecule has 0 unspecified atom stereocenters. The number of ether oxygens (including phenoxy) is 1. The zero-order chi connectivity index (χ0) is 12.0. The van der Waals surface area contributed by atoms with Gasteiger partial charge in [-0.1, -0.05) is 0 Å². The van der Waals surface area contributed by atoms with Crippen molar-refractivity contribution in [2.45, 2.75) is 6.92 Å². The minimum Gasteiger partial charge on any atom is -0.500 e. The van der Waals surface area contributed by atoms with Crippen LogP contribution >= 0.6 is 0 Å². The zero-order valence-electron chi connectivity index (χ0n) is 8.70. The normalized spacial score (nSPS) is 10.4. The molecule has 0 N–H and O–H groups in total. The van der Waals surface area contributed by atoms with Crippen molar-refractivity contribution in [3.05, 3.63) is 41.4 Å². The Kier molecular flexibility index (Phi) is 4.06. The number of nitriles is 2. The van der Waals surface area contributed by atoms with Gasteiger partial charge in [-0.15, -0.1) is 0 Å². The summed E-state index contributed by atoms with van der Waals surface area (Å²) in [6.07, 6.45) is 1.23. The van der Waals surface area contributed by atoms with Gasteiger partial charge in [-0.2, -0.15) is 10.5 Å². The van der Waals surface area contributed by atoms with Gasteiger partial charge in [0.25, 0.3) is 0 Å². The second kappa shape index (κ2) is 5.53. The lowest BCUT2D eigenvalue weighted by molar-refractivity contribution is 0.271. The van der Waals surface area contributed by atoms with Crippen molar-refractivity contribution < 1.29 is 9.13 Å². The van der Waals surface area contributed by atoms with Crippen molar-refractivity contribution in [1.29, 1.82) is 10.5 Å². The van der Waals surface area contributed by atoms with Crippen molar-refractivity contribution in [2.75, 3.05) is 6.61 Å². The second-order valence-electron chi connectivity index (χ2n) is 2.90. The van der Waals surface area contributed by atoms with Crippen LogP contribution < -0.4 is 0 Å². The fourth-order valence-electron chi connectivity index (χ4n) is 1.15. The third kappa shape index (κ3) is 2.59. The largest absolute Gasteiger partial charge is 0.500 e. The van der Waals surface area contributed by atoms with Crippen molar-refractivity contribution in [2.24, 2.45) is 0 Å². The molecule has 0 radical (unpaired) electrons. The molecule has 0 heterocycles. The molecule has 3 nitrogen and oxygen atoms in total. The molecule has 0 saturated carbocycles. The van der Waals surface area contributed by atoms with E-state index in [4.69, 9.17) is 15.3 Å². The Morgan fingerprint density at radius 2 is 2.25 bits per heavy atom. The van der Waals surface area contributed by atoms with E-state index < -0.39 is 5.82 Å². The maximum atomic E-state index is 13.0. The van der Waals surface area contributed by atoms with E-state index in [2.05, 4.69) is 0 Å². The third-order valence-corrected chi connectivity index (χ3v) is 1.88. The number of hydrogen-bond acceptors (Lipinski definition) is 3. The Balaban J connectivity index is 3.25. The highest BCUT2D eigenvalue weighted by atomic mass is 19.1. The van der Waals surface area contributed by atoms with Crippen LogP contribution in [0, 0.1) is 28.5 Å². The quantitative estimate of drug-likeness (QED) is 0.576. The van der Waals surface area contributed by atoms with E-state index in [-0.39, 0.29) is 16.7 Å². The summed E-state index contributed by atoms with van der Waals surface area (Å²) in [6, 6.07) is 7.43. The molecule has 0 atom stereocenters. The molecule has 0 aliphatic rings. The van der Waals surface area contributed by atoms with Crippen molar-refractivity contribution in [1.82, 2.24) is 0 Å². The van der Waals surface area contributed by atoms with Crippen LogP contribution in [0.15, 0.2) is 24.5 Å². The molecule has 0 spiro atoms. The van der Waals surface area contributed by atoms with Crippen LogP contribution in [0.1, 0.15) is 18.1 Å². The summed E-state index contributed by atoms with van der Waals surface area (Å²) in [6.45, 7) is 2.17. The third-order valence-electron chi connectivity index (χ3n) is 1.88. The molecule has 1 aromatic rings. The molecule has 80 valence electrons. The Morgan fingerprint density at radius 1 is 1.50 bits per heavy atom.